The lowest BCUT2D eigenvalue weighted by Gasteiger charge is -2.20. The molecule has 1 atom stereocenters. The number of para-hydroxylation sites is 3. The van der Waals surface area contributed by atoms with E-state index in [1.54, 1.807) is 0 Å². The molecule has 0 radical (unpaired) electrons. The third kappa shape index (κ3) is 5.25. The molecular weight excluding hydrogens is 717 g/mol. The second-order valence-corrected chi connectivity index (χ2v) is 15.9. The van der Waals surface area contributed by atoms with E-state index < -0.39 is 0 Å². The van der Waals surface area contributed by atoms with E-state index in [1.807, 2.05) is 6.07 Å². The lowest BCUT2D eigenvalue weighted by Crippen LogP contribution is -2.07. The number of allylic oxidation sites excluding steroid dienone is 4. The van der Waals surface area contributed by atoms with Gasteiger partial charge in [-0.1, -0.05) is 153 Å². The van der Waals surface area contributed by atoms with Crippen molar-refractivity contribution in [3.63, 3.8) is 0 Å². The van der Waals surface area contributed by atoms with Gasteiger partial charge in [-0.25, -0.2) is 4.98 Å². The van der Waals surface area contributed by atoms with Crippen LogP contribution < -0.4 is 0 Å². The Balaban J connectivity index is 1.06. The number of hydrogen-bond donors (Lipinski definition) is 0. The Bertz CT molecular complexity index is 3550. The number of aromatic nitrogens is 2. The summed E-state index contributed by atoms with van der Waals surface area (Å²) < 4.78 is 9.12. The van der Waals surface area contributed by atoms with Crippen molar-refractivity contribution in [2.24, 2.45) is 5.92 Å². The molecule has 0 fully saturated rings. The summed E-state index contributed by atoms with van der Waals surface area (Å²) in [5.74, 6) is 0.433. The Morgan fingerprint density at radius 3 is 2.02 bits per heavy atom. The summed E-state index contributed by atoms with van der Waals surface area (Å²) in [6.45, 7) is 2.33. The molecule has 0 saturated carbocycles. The highest BCUT2D eigenvalue weighted by Crippen LogP contribution is 2.47. The first-order valence-electron chi connectivity index (χ1n) is 20.5. The molecule has 3 heterocycles. The van der Waals surface area contributed by atoms with Crippen LogP contribution in [0.4, 0.5) is 0 Å². The van der Waals surface area contributed by atoms with E-state index in [0.717, 1.165) is 72.6 Å². The second kappa shape index (κ2) is 13.3. The van der Waals surface area contributed by atoms with Gasteiger partial charge in [-0.3, -0.25) is 0 Å². The van der Waals surface area contributed by atoms with Crippen molar-refractivity contribution < 1.29 is 4.42 Å². The number of fused-ring (bicyclic) bond motifs is 9. The highest BCUT2D eigenvalue weighted by molar-refractivity contribution is 6.28. The molecule has 59 heavy (non-hydrogen) atoms. The monoisotopic (exact) mass is 754 g/mol. The maximum absolute atomic E-state index is 6.64. The molecule has 11 aromatic rings. The van der Waals surface area contributed by atoms with Crippen molar-refractivity contribution in [2.75, 3.05) is 0 Å². The minimum atomic E-state index is 0.433. The van der Waals surface area contributed by atoms with Crippen molar-refractivity contribution in [1.82, 2.24) is 9.55 Å². The van der Waals surface area contributed by atoms with Gasteiger partial charge in [-0.15, -0.1) is 0 Å². The van der Waals surface area contributed by atoms with Crippen molar-refractivity contribution in [2.45, 2.75) is 13.3 Å². The first-order chi connectivity index (χ1) is 29.2. The SMILES string of the molecule is CC1CC=CC=C1n1c2ccccc2c2c(-c3cccc(-c4cccc(-c5nc6ccccc6c6c(-c7ccccc7)c7c(cc56)oc5ccccc57)c4)c3)cccc21. The maximum Gasteiger partial charge on any atom is 0.136 e. The molecule has 0 bridgehead atoms. The van der Waals surface area contributed by atoms with Gasteiger partial charge in [0.25, 0.3) is 0 Å². The fourth-order valence-corrected chi connectivity index (χ4v) is 9.71. The van der Waals surface area contributed by atoms with E-state index in [1.165, 1.54) is 49.6 Å². The van der Waals surface area contributed by atoms with Crippen molar-refractivity contribution in [3.8, 4) is 44.6 Å². The van der Waals surface area contributed by atoms with Gasteiger partial charge in [0, 0.05) is 60.4 Å². The van der Waals surface area contributed by atoms with Gasteiger partial charge in [0.05, 0.1) is 22.2 Å². The summed E-state index contributed by atoms with van der Waals surface area (Å²) in [5, 5.41) is 8.19. The van der Waals surface area contributed by atoms with Gasteiger partial charge >= 0.3 is 0 Å². The molecule has 3 aromatic heterocycles. The molecule has 0 spiro atoms. The van der Waals surface area contributed by atoms with Crippen LogP contribution in [0.3, 0.4) is 0 Å². The van der Waals surface area contributed by atoms with Gasteiger partial charge in [-0.05, 0) is 82.8 Å². The molecule has 278 valence electrons. The number of furan rings is 1. The summed E-state index contributed by atoms with van der Waals surface area (Å²) in [5.41, 5.74) is 15.6. The van der Waals surface area contributed by atoms with E-state index in [0.29, 0.717) is 5.92 Å². The van der Waals surface area contributed by atoms with E-state index >= 15 is 0 Å². The molecule has 1 aliphatic rings. The average Bonchev–Trinajstić information content (AvgIpc) is 3.84. The normalized spacial score (nSPS) is 14.3. The summed E-state index contributed by atoms with van der Waals surface area (Å²) in [7, 11) is 0. The van der Waals surface area contributed by atoms with Crippen molar-refractivity contribution in [3.05, 3.63) is 194 Å². The fourth-order valence-electron chi connectivity index (χ4n) is 9.71. The van der Waals surface area contributed by atoms with Gasteiger partial charge in [0.1, 0.15) is 11.2 Å². The zero-order chi connectivity index (χ0) is 39.0. The van der Waals surface area contributed by atoms with Crippen LogP contribution in [-0.4, -0.2) is 9.55 Å². The molecule has 1 aliphatic carbocycles. The summed E-state index contributed by atoms with van der Waals surface area (Å²) in [6.07, 6.45) is 7.81. The Morgan fingerprint density at radius 2 is 1.17 bits per heavy atom. The standard InChI is InChI=1S/C56H38N2O/c1-35-16-5-10-28-47(35)58-48-29-11-7-24-43(48)53-41(26-15-30-49(53)58)39-21-13-19-37(32-39)38-20-14-22-40(33-38)56-45-34-51-55(44-25-8-12-31-50(44)59-51)52(36-17-3-2-4-18-36)54(45)42-23-6-9-27-46(42)57-56/h2-15,17-35H,16H2,1H3. The molecule has 0 N–H and O–H groups in total. The van der Waals surface area contributed by atoms with Crippen LogP contribution >= 0.6 is 0 Å². The molecular formula is C56H38N2O. The van der Waals surface area contributed by atoms with E-state index in [2.05, 4.69) is 200 Å². The highest BCUT2D eigenvalue weighted by atomic mass is 16.3. The molecule has 0 aliphatic heterocycles. The Labute approximate surface area is 341 Å². The lowest BCUT2D eigenvalue weighted by atomic mass is 9.89. The molecule has 0 saturated heterocycles. The first-order valence-corrected chi connectivity index (χ1v) is 20.5. The van der Waals surface area contributed by atoms with Crippen LogP contribution in [-0.2, 0) is 0 Å². The Hall–Kier alpha value is -7.49. The number of benzene rings is 8. The first kappa shape index (κ1) is 33.6. The quantitative estimate of drug-likeness (QED) is 0.164. The van der Waals surface area contributed by atoms with Gasteiger partial charge < -0.3 is 8.98 Å². The third-order valence-electron chi connectivity index (χ3n) is 12.4. The minimum absolute atomic E-state index is 0.433. The molecule has 3 nitrogen and oxygen atoms in total. The number of nitrogens with zero attached hydrogens (tertiary/aromatic N) is 2. The van der Waals surface area contributed by atoms with Crippen LogP contribution in [0.5, 0.6) is 0 Å². The predicted octanol–water partition coefficient (Wildman–Crippen LogP) is 15.5. The molecule has 1 unspecified atom stereocenters. The molecule has 12 rings (SSSR count). The Kier molecular flexibility index (Phi) is 7.58. The third-order valence-corrected chi connectivity index (χ3v) is 12.4. The Morgan fingerprint density at radius 1 is 0.508 bits per heavy atom. The van der Waals surface area contributed by atoms with Crippen LogP contribution in [0.25, 0.3) is 116 Å². The van der Waals surface area contributed by atoms with Crippen LogP contribution in [0.2, 0.25) is 0 Å². The highest BCUT2D eigenvalue weighted by Gasteiger charge is 2.23. The zero-order valence-corrected chi connectivity index (χ0v) is 32.6. The average molecular weight is 755 g/mol. The van der Waals surface area contributed by atoms with Crippen LogP contribution in [0, 0.1) is 5.92 Å². The van der Waals surface area contributed by atoms with Crippen molar-refractivity contribution >= 4 is 71.1 Å². The summed E-state index contributed by atoms with van der Waals surface area (Å²) in [4.78, 5) is 5.43. The number of hydrogen-bond acceptors (Lipinski definition) is 2. The van der Waals surface area contributed by atoms with Crippen LogP contribution in [0.1, 0.15) is 13.3 Å². The van der Waals surface area contributed by atoms with Crippen molar-refractivity contribution in [1.29, 1.82) is 0 Å². The smallest absolute Gasteiger partial charge is 0.136 e. The summed E-state index contributed by atoms with van der Waals surface area (Å²) in [6, 6.07) is 63.4. The number of rotatable bonds is 5. The fraction of sp³-hybridized carbons (Fsp3) is 0.0536. The zero-order valence-electron chi connectivity index (χ0n) is 32.6. The summed E-state index contributed by atoms with van der Waals surface area (Å²) >= 11 is 0. The topological polar surface area (TPSA) is 31.0 Å². The second-order valence-electron chi connectivity index (χ2n) is 15.9. The van der Waals surface area contributed by atoms with Gasteiger partial charge in [0.2, 0.25) is 0 Å². The lowest BCUT2D eigenvalue weighted by molar-refractivity contribution is 0.669. The molecule has 8 aromatic carbocycles. The molecule has 0 amide bonds. The predicted molar refractivity (Wildman–Crippen MR) is 248 cm³/mol. The van der Waals surface area contributed by atoms with E-state index in [-0.39, 0.29) is 0 Å². The largest absolute Gasteiger partial charge is 0.456 e. The van der Waals surface area contributed by atoms with E-state index in [9.17, 15) is 0 Å². The minimum Gasteiger partial charge on any atom is -0.456 e. The van der Waals surface area contributed by atoms with Crippen LogP contribution in [0.15, 0.2) is 199 Å². The van der Waals surface area contributed by atoms with E-state index in [4.69, 9.17) is 9.40 Å². The molecule has 3 heteroatoms. The maximum atomic E-state index is 6.64. The van der Waals surface area contributed by atoms with Gasteiger partial charge in [0.15, 0.2) is 0 Å². The number of pyridine rings is 1. The van der Waals surface area contributed by atoms with Gasteiger partial charge in [-0.2, -0.15) is 0 Å².